The number of nitrogens with zero attached hydrogens (tertiary/aromatic N) is 1. The van der Waals surface area contributed by atoms with Gasteiger partial charge < -0.3 is 30.3 Å². The summed E-state index contributed by atoms with van der Waals surface area (Å²) < 4.78 is 11.9. The molecule has 262 valence electrons. The van der Waals surface area contributed by atoms with Crippen molar-refractivity contribution in [2.45, 2.75) is 70.3 Å². The smallest absolute Gasteiger partial charge is 0.342 e. The van der Waals surface area contributed by atoms with Gasteiger partial charge in [-0.25, -0.2) is 9.78 Å². The standard InChI is InChI=1S/C38H41N3O8S/c1-23-9-8-12-26(42)11-5-3-4-10-25-21-30(43)35(36(46)34(25)37(47)49-23)28(24-15-17-27(48-2)18-16-24)22-33(45)39-20-19-32(44)41-38-40-29-13-6-7-14-31(29)50-38/h4,6-7,10,13-18,21,23,28,43,46H,3,5,8-9,11-12,19-20,22H2,1-2H3,(H,39,45)(H,40,41,44)/b10-4+/t23-,28?/m0/s1. The summed E-state index contributed by atoms with van der Waals surface area (Å²) in [7, 11) is 1.52. The zero-order valence-corrected chi connectivity index (χ0v) is 28.9. The van der Waals surface area contributed by atoms with Crippen LogP contribution >= 0.6 is 11.3 Å². The Kier molecular flexibility index (Phi) is 12.2. The lowest BCUT2D eigenvalue weighted by Gasteiger charge is -2.23. The molecule has 2 atom stereocenters. The number of nitrogens with one attached hydrogen (secondary N) is 2. The number of rotatable bonds is 9. The first-order valence-electron chi connectivity index (χ1n) is 16.7. The zero-order valence-electron chi connectivity index (χ0n) is 28.1. The van der Waals surface area contributed by atoms with Gasteiger partial charge in [0.25, 0.3) is 0 Å². The van der Waals surface area contributed by atoms with Gasteiger partial charge in [0.1, 0.15) is 28.6 Å². The number of fused-ring (bicyclic) bond motifs is 2. The maximum atomic E-state index is 13.6. The molecule has 3 aromatic carbocycles. The molecule has 0 spiro atoms. The minimum atomic E-state index is -0.893. The number of thiazole rings is 1. The van der Waals surface area contributed by atoms with Crippen LogP contribution in [0.5, 0.6) is 17.2 Å². The fraction of sp³-hybridized carbons (Fsp3) is 0.342. The average molecular weight is 700 g/mol. The van der Waals surface area contributed by atoms with Crippen LogP contribution in [-0.4, -0.2) is 58.5 Å². The van der Waals surface area contributed by atoms with Crippen LogP contribution in [0.4, 0.5) is 5.13 Å². The maximum absolute atomic E-state index is 13.6. The number of ether oxygens (including phenoxy) is 2. The monoisotopic (exact) mass is 699 g/mol. The number of phenolic OH excluding ortho intramolecular Hbond substituents is 2. The summed E-state index contributed by atoms with van der Waals surface area (Å²) >= 11 is 1.36. The molecule has 1 aliphatic heterocycles. The Labute approximate surface area is 294 Å². The number of Topliss-reactive ketones (excluding diaryl/α,β-unsaturated/α-hetero) is 1. The van der Waals surface area contributed by atoms with Crippen molar-refractivity contribution < 1.29 is 38.9 Å². The molecule has 1 aliphatic rings. The molecule has 2 amide bonds. The number of hydrogen-bond acceptors (Lipinski definition) is 10. The zero-order chi connectivity index (χ0) is 35.6. The van der Waals surface area contributed by atoms with E-state index in [0.717, 1.165) is 10.2 Å². The Morgan fingerprint density at radius 3 is 2.58 bits per heavy atom. The second-order valence-electron chi connectivity index (χ2n) is 12.2. The van der Waals surface area contributed by atoms with Crippen molar-refractivity contribution in [3.8, 4) is 17.2 Å². The molecular weight excluding hydrogens is 658 g/mol. The lowest BCUT2D eigenvalue weighted by atomic mass is 9.84. The number of amides is 2. The fourth-order valence-corrected chi connectivity index (χ4v) is 6.80. The number of benzene rings is 3. The van der Waals surface area contributed by atoms with Gasteiger partial charge in [-0.1, -0.05) is 47.8 Å². The van der Waals surface area contributed by atoms with Crippen LogP contribution in [-0.2, 0) is 19.1 Å². The Bertz CT molecular complexity index is 1850. The molecule has 1 aromatic heterocycles. The highest BCUT2D eigenvalue weighted by molar-refractivity contribution is 7.22. The first kappa shape index (κ1) is 36.1. The number of hydrogen-bond donors (Lipinski definition) is 4. The fourth-order valence-electron chi connectivity index (χ4n) is 5.92. The number of esters is 1. The number of cyclic esters (lactones) is 1. The molecule has 2 heterocycles. The summed E-state index contributed by atoms with van der Waals surface area (Å²) in [5, 5.41) is 29.1. The predicted octanol–water partition coefficient (Wildman–Crippen LogP) is 6.86. The topological polar surface area (TPSA) is 164 Å². The van der Waals surface area contributed by atoms with Gasteiger partial charge >= 0.3 is 5.97 Å². The minimum absolute atomic E-state index is 0.00523. The molecule has 50 heavy (non-hydrogen) atoms. The van der Waals surface area contributed by atoms with Crippen LogP contribution in [0.1, 0.15) is 91.3 Å². The number of ketones is 1. The quantitative estimate of drug-likeness (QED) is 0.137. The van der Waals surface area contributed by atoms with Crippen molar-refractivity contribution in [3.05, 3.63) is 82.9 Å². The molecule has 0 saturated carbocycles. The third-order valence-electron chi connectivity index (χ3n) is 8.52. The van der Waals surface area contributed by atoms with Crippen LogP contribution in [0.3, 0.4) is 0 Å². The van der Waals surface area contributed by atoms with Gasteiger partial charge in [-0.3, -0.25) is 14.4 Å². The number of allylic oxidation sites excluding steroid dienone is 1. The Hall–Kier alpha value is -5.23. The number of para-hydroxylation sites is 1. The van der Waals surface area contributed by atoms with Crippen LogP contribution in [0.25, 0.3) is 16.3 Å². The van der Waals surface area contributed by atoms with Crippen molar-refractivity contribution in [2.24, 2.45) is 0 Å². The second-order valence-corrected chi connectivity index (χ2v) is 13.3. The molecule has 5 rings (SSSR count). The molecule has 11 nitrogen and oxygen atoms in total. The molecule has 1 unspecified atom stereocenters. The molecule has 0 radical (unpaired) electrons. The van der Waals surface area contributed by atoms with Gasteiger partial charge in [0.05, 0.1) is 23.4 Å². The number of carbonyl (C=O) groups is 4. The Morgan fingerprint density at radius 1 is 1.06 bits per heavy atom. The first-order valence-corrected chi connectivity index (χ1v) is 17.5. The van der Waals surface area contributed by atoms with E-state index in [-0.39, 0.29) is 53.5 Å². The number of methoxy groups -OCH3 is 1. The molecule has 0 aliphatic carbocycles. The summed E-state index contributed by atoms with van der Waals surface area (Å²) in [6.45, 7) is 1.76. The highest BCUT2D eigenvalue weighted by Crippen LogP contribution is 2.44. The van der Waals surface area contributed by atoms with E-state index in [1.165, 1.54) is 24.5 Å². The van der Waals surface area contributed by atoms with Gasteiger partial charge in [-0.2, -0.15) is 0 Å². The third-order valence-corrected chi connectivity index (χ3v) is 9.47. The van der Waals surface area contributed by atoms with Crippen LogP contribution in [0, 0.1) is 0 Å². The van der Waals surface area contributed by atoms with Crippen molar-refractivity contribution >= 4 is 56.3 Å². The van der Waals surface area contributed by atoms with Gasteiger partial charge in [0, 0.05) is 43.7 Å². The lowest BCUT2D eigenvalue weighted by molar-refractivity contribution is -0.121. The van der Waals surface area contributed by atoms with Crippen molar-refractivity contribution in [2.75, 3.05) is 19.0 Å². The first-order chi connectivity index (χ1) is 24.1. The molecule has 0 bridgehead atoms. The molecular formula is C38H41N3O8S. The largest absolute Gasteiger partial charge is 0.507 e. The van der Waals surface area contributed by atoms with E-state index in [1.54, 1.807) is 43.3 Å². The summed E-state index contributed by atoms with van der Waals surface area (Å²) in [4.78, 5) is 56.2. The number of aromatic hydroxyl groups is 2. The maximum Gasteiger partial charge on any atom is 0.342 e. The number of anilines is 1. The SMILES string of the molecule is COc1ccc(C(CC(=O)NCCC(=O)Nc2nc3ccccc3s2)c2c(O)cc3c(c2O)C(=O)O[C@@H](C)CCCC(=O)CCC/C=C/3)cc1. The summed E-state index contributed by atoms with van der Waals surface area (Å²) in [6.07, 6.45) is 5.75. The predicted molar refractivity (Wildman–Crippen MR) is 192 cm³/mol. The number of phenols is 2. The van der Waals surface area contributed by atoms with Crippen LogP contribution < -0.4 is 15.4 Å². The van der Waals surface area contributed by atoms with Crippen molar-refractivity contribution in [1.29, 1.82) is 0 Å². The van der Waals surface area contributed by atoms with E-state index >= 15 is 0 Å². The van der Waals surface area contributed by atoms with Gasteiger partial charge in [-0.05, 0) is 74.1 Å². The molecule has 12 heteroatoms. The van der Waals surface area contributed by atoms with E-state index in [9.17, 15) is 29.4 Å². The number of carbonyl (C=O) groups excluding carboxylic acids is 4. The van der Waals surface area contributed by atoms with Gasteiger partial charge in [0.15, 0.2) is 5.13 Å². The van der Waals surface area contributed by atoms with E-state index in [0.29, 0.717) is 55.0 Å². The van der Waals surface area contributed by atoms with Crippen molar-refractivity contribution in [1.82, 2.24) is 10.3 Å². The number of aromatic nitrogens is 1. The Balaban J connectivity index is 1.38. The van der Waals surface area contributed by atoms with E-state index in [1.807, 2.05) is 24.3 Å². The van der Waals surface area contributed by atoms with Crippen LogP contribution in [0.2, 0.25) is 0 Å². The van der Waals surface area contributed by atoms with Crippen LogP contribution in [0.15, 0.2) is 60.7 Å². The molecule has 4 N–H and O–H groups in total. The lowest BCUT2D eigenvalue weighted by Crippen LogP contribution is -2.29. The highest BCUT2D eigenvalue weighted by Gasteiger charge is 2.31. The van der Waals surface area contributed by atoms with E-state index in [2.05, 4.69) is 15.6 Å². The van der Waals surface area contributed by atoms with E-state index < -0.39 is 29.6 Å². The second kappa shape index (κ2) is 16.9. The van der Waals surface area contributed by atoms with Gasteiger partial charge in [0.2, 0.25) is 11.8 Å². The average Bonchev–Trinajstić information content (AvgIpc) is 3.49. The van der Waals surface area contributed by atoms with Gasteiger partial charge in [-0.15, -0.1) is 0 Å². The molecule has 4 aromatic rings. The normalized spacial score (nSPS) is 16.8. The minimum Gasteiger partial charge on any atom is -0.507 e. The Morgan fingerprint density at radius 2 is 1.82 bits per heavy atom. The third kappa shape index (κ3) is 9.26. The molecule has 0 fully saturated rings. The summed E-state index contributed by atoms with van der Waals surface area (Å²) in [5.74, 6) is -2.51. The van der Waals surface area contributed by atoms with E-state index in [4.69, 9.17) is 9.47 Å². The summed E-state index contributed by atoms with van der Waals surface area (Å²) in [6, 6.07) is 15.8. The summed E-state index contributed by atoms with van der Waals surface area (Å²) in [5.41, 5.74) is 1.47. The van der Waals surface area contributed by atoms with Crippen molar-refractivity contribution in [3.63, 3.8) is 0 Å². The molecule has 0 saturated heterocycles. The highest BCUT2D eigenvalue weighted by atomic mass is 32.1.